The lowest BCUT2D eigenvalue weighted by atomic mass is 10.2. The maximum Gasteiger partial charge on any atom is 0.217 e. The van der Waals surface area contributed by atoms with Crippen LogP contribution in [-0.2, 0) is 16.6 Å². The van der Waals surface area contributed by atoms with Crippen molar-refractivity contribution >= 4 is 10.0 Å². The van der Waals surface area contributed by atoms with Crippen molar-refractivity contribution < 1.29 is 13.5 Å². The standard InChI is InChI=1S/C14H22N2O3S/c17-11-10-16(12-13-4-2-1-3-5-13)20(18,19)14-6-8-15-9-7-14/h1-5,14-15,17H,6-12H2. The van der Waals surface area contributed by atoms with E-state index in [1.54, 1.807) is 0 Å². The molecule has 0 amide bonds. The van der Waals surface area contributed by atoms with Gasteiger partial charge in [0.2, 0.25) is 10.0 Å². The van der Waals surface area contributed by atoms with Crippen LogP contribution in [0.25, 0.3) is 0 Å². The van der Waals surface area contributed by atoms with Gasteiger partial charge < -0.3 is 10.4 Å². The zero-order chi connectivity index (χ0) is 14.4. The fraction of sp³-hybridized carbons (Fsp3) is 0.571. The number of nitrogens with one attached hydrogen (secondary N) is 1. The molecule has 2 rings (SSSR count). The predicted molar refractivity (Wildman–Crippen MR) is 78.7 cm³/mol. The van der Waals surface area contributed by atoms with Crippen LogP contribution >= 0.6 is 0 Å². The Balaban J connectivity index is 2.14. The summed E-state index contributed by atoms with van der Waals surface area (Å²) in [4.78, 5) is 0. The Morgan fingerprint density at radius 2 is 1.85 bits per heavy atom. The third kappa shape index (κ3) is 3.79. The average molecular weight is 298 g/mol. The minimum atomic E-state index is -3.35. The van der Waals surface area contributed by atoms with Crippen LogP contribution in [0.2, 0.25) is 0 Å². The third-order valence-corrected chi connectivity index (χ3v) is 5.96. The van der Waals surface area contributed by atoms with Gasteiger partial charge in [0.05, 0.1) is 11.9 Å². The van der Waals surface area contributed by atoms with Crippen molar-refractivity contribution in [1.29, 1.82) is 0 Å². The van der Waals surface area contributed by atoms with Crippen molar-refractivity contribution in [2.75, 3.05) is 26.2 Å². The summed E-state index contributed by atoms with van der Waals surface area (Å²) in [6.07, 6.45) is 1.28. The molecule has 20 heavy (non-hydrogen) atoms. The Bertz CT molecular complexity index is 498. The molecule has 2 N–H and O–H groups in total. The molecule has 1 heterocycles. The molecule has 1 aromatic rings. The van der Waals surface area contributed by atoms with Crippen molar-refractivity contribution in [3.8, 4) is 0 Å². The number of benzene rings is 1. The maximum atomic E-state index is 12.7. The fourth-order valence-corrected chi connectivity index (χ4v) is 4.42. The van der Waals surface area contributed by atoms with Crippen molar-refractivity contribution in [3.05, 3.63) is 35.9 Å². The lowest BCUT2D eigenvalue weighted by molar-refractivity contribution is 0.249. The highest BCUT2D eigenvalue weighted by atomic mass is 32.2. The molecular weight excluding hydrogens is 276 g/mol. The monoisotopic (exact) mass is 298 g/mol. The molecule has 1 aliphatic rings. The quantitative estimate of drug-likeness (QED) is 0.805. The number of hydrogen-bond donors (Lipinski definition) is 2. The third-order valence-electron chi connectivity index (χ3n) is 3.62. The summed E-state index contributed by atoms with van der Waals surface area (Å²) in [6, 6.07) is 9.50. The van der Waals surface area contributed by atoms with Gasteiger partial charge in [-0.1, -0.05) is 30.3 Å². The van der Waals surface area contributed by atoms with Crippen molar-refractivity contribution in [1.82, 2.24) is 9.62 Å². The Labute approximate surface area is 120 Å². The number of aliphatic hydroxyl groups excluding tert-OH is 1. The van der Waals surface area contributed by atoms with Gasteiger partial charge in [-0.25, -0.2) is 8.42 Å². The summed E-state index contributed by atoms with van der Waals surface area (Å²) in [6.45, 7) is 1.80. The number of hydrogen-bond acceptors (Lipinski definition) is 4. The number of aliphatic hydroxyl groups is 1. The van der Waals surface area contributed by atoms with Crippen LogP contribution in [0.5, 0.6) is 0 Å². The van der Waals surface area contributed by atoms with Gasteiger partial charge in [-0.15, -0.1) is 0 Å². The van der Waals surface area contributed by atoms with E-state index in [0.717, 1.165) is 18.7 Å². The van der Waals surface area contributed by atoms with Gasteiger partial charge in [0.1, 0.15) is 0 Å². The summed E-state index contributed by atoms with van der Waals surface area (Å²) in [5.74, 6) is 0. The van der Waals surface area contributed by atoms with E-state index in [1.807, 2.05) is 30.3 Å². The van der Waals surface area contributed by atoms with E-state index in [4.69, 9.17) is 5.11 Å². The van der Waals surface area contributed by atoms with Crippen molar-refractivity contribution in [2.24, 2.45) is 0 Å². The molecule has 1 saturated heterocycles. The van der Waals surface area contributed by atoms with Crippen LogP contribution in [0.1, 0.15) is 18.4 Å². The second kappa shape index (κ2) is 7.17. The largest absolute Gasteiger partial charge is 0.395 e. The molecule has 0 aliphatic carbocycles. The summed E-state index contributed by atoms with van der Waals surface area (Å²) in [5, 5.41) is 12.0. The first-order chi connectivity index (χ1) is 9.64. The van der Waals surface area contributed by atoms with E-state index in [-0.39, 0.29) is 18.4 Å². The van der Waals surface area contributed by atoms with Crippen LogP contribution in [-0.4, -0.2) is 49.3 Å². The topological polar surface area (TPSA) is 69.6 Å². The summed E-state index contributed by atoms with van der Waals surface area (Å²) >= 11 is 0. The molecule has 0 spiro atoms. The Kier molecular flexibility index (Phi) is 5.54. The number of nitrogens with zero attached hydrogens (tertiary/aromatic N) is 1. The van der Waals surface area contributed by atoms with Crippen LogP contribution in [0, 0.1) is 0 Å². The Hall–Kier alpha value is -0.950. The number of piperidine rings is 1. The lowest BCUT2D eigenvalue weighted by Gasteiger charge is -2.29. The highest BCUT2D eigenvalue weighted by Crippen LogP contribution is 2.19. The van der Waals surface area contributed by atoms with Gasteiger partial charge in [0, 0.05) is 13.1 Å². The zero-order valence-corrected chi connectivity index (χ0v) is 12.3. The smallest absolute Gasteiger partial charge is 0.217 e. The van der Waals surface area contributed by atoms with Crippen LogP contribution < -0.4 is 5.32 Å². The first-order valence-electron chi connectivity index (χ1n) is 6.99. The summed E-state index contributed by atoms with van der Waals surface area (Å²) in [7, 11) is -3.35. The SMILES string of the molecule is O=S(=O)(C1CCNCC1)N(CCO)Cc1ccccc1. The van der Waals surface area contributed by atoms with E-state index in [9.17, 15) is 8.42 Å². The molecule has 0 unspecified atom stereocenters. The van der Waals surface area contributed by atoms with E-state index in [1.165, 1.54) is 4.31 Å². The molecule has 1 fully saturated rings. The van der Waals surface area contributed by atoms with Crippen molar-refractivity contribution in [2.45, 2.75) is 24.6 Å². The Morgan fingerprint density at radius 1 is 1.20 bits per heavy atom. The van der Waals surface area contributed by atoms with Gasteiger partial charge >= 0.3 is 0 Å². The van der Waals surface area contributed by atoms with Gasteiger partial charge in [-0.05, 0) is 31.5 Å². The van der Waals surface area contributed by atoms with E-state index in [0.29, 0.717) is 19.4 Å². The first-order valence-corrected chi connectivity index (χ1v) is 8.49. The Morgan fingerprint density at radius 3 is 2.45 bits per heavy atom. The van der Waals surface area contributed by atoms with Crippen molar-refractivity contribution in [3.63, 3.8) is 0 Å². The maximum absolute atomic E-state index is 12.7. The zero-order valence-electron chi connectivity index (χ0n) is 11.5. The molecule has 0 bridgehead atoms. The highest BCUT2D eigenvalue weighted by Gasteiger charge is 2.32. The van der Waals surface area contributed by atoms with E-state index < -0.39 is 10.0 Å². The minimum Gasteiger partial charge on any atom is -0.395 e. The highest BCUT2D eigenvalue weighted by molar-refractivity contribution is 7.89. The predicted octanol–water partition coefficient (Wildman–Crippen LogP) is 0.563. The molecular formula is C14H22N2O3S. The first kappa shape index (κ1) is 15.4. The lowest BCUT2D eigenvalue weighted by Crippen LogP contribution is -2.44. The molecule has 6 heteroatoms. The molecule has 112 valence electrons. The van der Waals surface area contributed by atoms with E-state index in [2.05, 4.69) is 5.32 Å². The molecule has 0 radical (unpaired) electrons. The van der Waals surface area contributed by atoms with Crippen LogP contribution in [0.3, 0.4) is 0 Å². The normalized spacial score (nSPS) is 17.5. The number of sulfonamides is 1. The number of rotatable bonds is 6. The van der Waals surface area contributed by atoms with E-state index >= 15 is 0 Å². The van der Waals surface area contributed by atoms with Gasteiger partial charge in [-0.2, -0.15) is 4.31 Å². The van der Waals surface area contributed by atoms with Gasteiger partial charge in [0.25, 0.3) is 0 Å². The molecule has 0 atom stereocenters. The molecule has 5 nitrogen and oxygen atoms in total. The fourth-order valence-electron chi connectivity index (χ4n) is 2.50. The van der Waals surface area contributed by atoms with Crippen LogP contribution in [0.15, 0.2) is 30.3 Å². The second-order valence-corrected chi connectivity index (χ2v) is 7.25. The molecule has 1 aromatic carbocycles. The van der Waals surface area contributed by atoms with Gasteiger partial charge in [0.15, 0.2) is 0 Å². The average Bonchev–Trinajstić information content (AvgIpc) is 2.49. The molecule has 1 aliphatic heterocycles. The minimum absolute atomic E-state index is 0.154. The summed E-state index contributed by atoms with van der Waals surface area (Å²) < 4.78 is 26.7. The second-order valence-electron chi connectivity index (χ2n) is 5.04. The molecule has 0 aromatic heterocycles. The molecule has 0 saturated carbocycles. The summed E-state index contributed by atoms with van der Waals surface area (Å²) in [5.41, 5.74) is 0.943. The van der Waals surface area contributed by atoms with Gasteiger partial charge in [-0.3, -0.25) is 0 Å². The van der Waals surface area contributed by atoms with Crippen LogP contribution in [0.4, 0.5) is 0 Å².